The Bertz CT molecular complexity index is 693. The maximum Gasteiger partial charge on any atom is 0.335 e. The lowest BCUT2D eigenvalue weighted by Gasteiger charge is -2.24. The minimum Gasteiger partial charge on any atom is -0.478 e. The van der Waals surface area contributed by atoms with Gasteiger partial charge < -0.3 is 5.11 Å². The number of nitrogens with zero attached hydrogens (tertiary/aromatic N) is 1. The molecular formula is C19H23NO2. The van der Waals surface area contributed by atoms with Crippen molar-refractivity contribution in [1.82, 2.24) is 4.98 Å². The molecule has 0 aliphatic heterocycles. The molecule has 3 nitrogen and oxygen atoms in total. The average molecular weight is 297 g/mol. The topological polar surface area (TPSA) is 50.2 Å². The second-order valence-corrected chi connectivity index (χ2v) is 6.41. The van der Waals surface area contributed by atoms with Crippen LogP contribution >= 0.6 is 0 Å². The van der Waals surface area contributed by atoms with Crippen LogP contribution in [0, 0.1) is 5.92 Å². The van der Waals surface area contributed by atoms with Crippen LogP contribution in [0.25, 0.3) is 10.9 Å². The predicted octanol–water partition coefficient (Wildman–Crippen LogP) is 4.62. The summed E-state index contributed by atoms with van der Waals surface area (Å²) in [6, 6.07) is 7.37. The van der Waals surface area contributed by atoms with Crippen LogP contribution in [-0.4, -0.2) is 16.1 Å². The van der Waals surface area contributed by atoms with Gasteiger partial charge in [0, 0.05) is 11.1 Å². The molecule has 0 bridgehead atoms. The van der Waals surface area contributed by atoms with Crippen molar-refractivity contribution in [2.24, 2.45) is 5.92 Å². The van der Waals surface area contributed by atoms with Crippen molar-refractivity contribution in [2.45, 2.75) is 51.9 Å². The monoisotopic (exact) mass is 297 g/mol. The minimum atomic E-state index is -0.878. The third kappa shape index (κ3) is 3.13. The Morgan fingerprint density at radius 2 is 2.18 bits per heavy atom. The van der Waals surface area contributed by atoms with E-state index in [0.29, 0.717) is 5.56 Å². The Balaban J connectivity index is 1.84. The summed E-state index contributed by atoms with van der Waals surface area (Å²) < 4.78 is 0. The number of benzene rings is 1. The fourth-order valence-electron chi connectivity index (χ4n) is 3.47. The van der Waals surface area contributed by atoms with Gasteiger partial charge in [-0.05, 0) is 55.0 Å². The highest BCUT2D eigenvalue weighted by Gasteiger charge is 2.20. The van der Waals surface area contributed by atoms with Gasteiger partial charge in [-0.25, -0.2) is 4.79 Å². The van der Waals surface area contributed by atoms with Gasteiger partial charge in [-0.15, -0.1) is 0 Å². The van der Waals surface area contributed by atoms with Crippen molar-refractivity contribution in [1.29, 1.82) is 0 Å². The normalized spacial score (nSPS) is 17.4. The van der Waals surface area contributed by atoms with Crippen LogP contribution in [0.2, 0.25) is 0 Å². The van der Waals surface area contributed by atoms with Gasteiger partial charge in [0.1, 0.15) is 0 Å². The summed E-state index contributed by atoms with van der Waals surface area (Å²) in [5.41, 5.74) is 3.78. The molecule has 0 amide bonds. The molecule has 1 atom stereocenters. The molecule has 3 heteroatoms. The molecule has 1 aromatic heterocycles. The first-order valence-corrected chi connectivity index (χ1v) is 8.33. The summed E-state index contributed by atoms with van der Waals surface area (Å²) in [6.45, 7) is 2.24. The van der Waals surface area contributed by atoms with Gasteiger partial charge in [-0.1, -0.05) is 32.6 Å². The molecule has 3 rings (SSSR count). The number of carboxylic acids is 1. The summed E-state index contributed by atoms with van der Waals surface area (Å²) in [7, 11) is 0. The van der Waals surface area contributed by atoms with E-state index in [9.17, 15) is 4.79 Å². The number of pyridine rings is 1. The predicted molar refractivity (Wildman–Crippen MR) is 88.4 cm³/mol. The van der Waals surface area contributed by atoms with Crippen LogP contribution in [0.15, 0.2) is 24.3 Å². The zero-order chi connectivity index (χ0) is 15.5. The van der Waals surface area contributed by atoms with Crippen LogP contribution in [0.3, 0.4) is 0 Å². The lowest BCUT2D eigenvalue weighted by atomic mass is 9.83. The Labute approximate surface area is 131 Å². The number of carboxylic acid groups (broad SMARTS) is 1. The highest BCUT2D eigenvalue weighted by atomic mass is 16.4. The SMILES string of the molecule is CCCCC[C@H]1CCc2nc3ccc(C(=O)O)cc3cc2C1. The molecule has 0 radical (unpaired) electrons. The molecule has 116 valence electrons. The van der Waals surface area contributed by atoms with Crippen molar-refractivity contribution >= 4 is 16.9 Å². The van der Waals surface area contributed by atoms with Gasteiger partial charge in [-0.3, -0.25) is 4.98 Å². The zero-order valence-electron chi connectivity index (χ0n) is 13.1. The number of aromatic carboxylic acids is 1. The molecule has 0 saturated carbocycles. The molecule has 0 spiro atoms. The van der Waals surface area contributed by atoms with Gasteiger partial charge in [0.05, 0.1) is 11.1 Å². The van der Waals surface area contributed by atoms with Crippen molar-refractivity contribution in [2.75, 3.05) is 0 Å². The molecule has 2 aromatic rings. The van der Waals surface area contributed by atoms with Crippen molar-refractivity contribution in [3.05, 3.63) is 41.1 Å². The second-order valence-electron chi connectivity index (χ2n) is 6.41. The van der Waals surface area contributed by atoms with E-state index in [2.05, 4.69) is 13.0 Å². The van der Waals surface area contributed by atoms with Crippen molar-refractivity contribution in [3.8, 4) is 0 Å². The number of aromatic nitrogens is 1. The lowest BCUT2D eigenvalue weighted by Crippen LogP contribution is -2.15. The third-order valence-electron chi connectivity index (χ3n) is 4.74. The van der Waals surface area contributed by atoms with Crippen LogP contribution in [0.4, 0.5) is 0 Å². The molecule has 0 unspecified atom stereocenters. The molecule has 1 aromatic carbocycles. The molecule has 0 saturated heterocycles. The van der Waals surface area contributed by atoms with Gasteiger partial charge in [-0.2, -0.15) is 0 Å². The van der Waals surface area contributed by atoms with Gasteiger partial charge in [0.15, 0.2) is 0 Å². The first-order valence-electron chi connectivity index (χ1n) is 8.33. The molecule has 1 heterocycles. The van der Waals surface area contributed by atoms with E-state index in [1.165, 1.54) is 43.4 Å². The van der Waals surface area contributed by atoms with Crippen LogP contribution in [-0.2, 0) is 12.8 Å². The summed E-state index contributed by atoms with van der Waals surface area (Å²) in [6.07, 6.45) is 8.61. The maximum absolute atomic E-state index is 11.1. The number of hydrogen-bond donors (Lipinski definition) is 1. The molecule has 22 heavy (non-hydrogen) atoms. The maximum atomic E-state index is 11.1. The molecular weight excluding hydrogens is 274 g/mol. The summed E-state index contributed by atoms with van der Waals surface area (Å²) in [5.74, 6) is -0.113. The third-order valence-corrected chi connectivity index (χ3v) is 4.74. The van der Waals surface area contributed by atoms with Crippen LogP contribution < -0.4 is 0 Å². The molecule has 1 aliphatic rings. The largest absolute Gasteiger partial charge is 0.478 e. The van der Waals surface area contributed by atoms with Crippen molar-refractivity contribution < 1.29 is 9.90 Å². The van der Waals surface area contributed by atoms with E-state index < -0.39 is 5.97 Å². The fraction of sp³-hybridized carbons (Fsp3) is 0.474. The average Bonchev–Trinajstić information content (AvgIpc) is 2.52. The summed E-state index contributed by atoms with van der Waals surface area (Å²) in [4.78, 5) is 15.9. The fourth-order valence-corrected chi connectivity index (χ4v) is 3.47. The van der Waals surface area contributed by atoms with E-state index in [1.807, 2.05) is 6.07 Å². The second kappa shape index (κ2) is 6.47. The first-order chi connectivity index (χ1) is 10.7. The molecule has 1 aliphatic carbocycles. The van der Waals surface area contributed by atoms with E-state index in [1.54, 1.807) is 12.1 Å². The highest BCUT2D eigenvalue weighted by Crippen LogP contribution is 2.30. The summed E-state index contributed by atoms with van der Waals surface area (Å²) >= 11 is 0. The van der Waals surface area contributed by atoms with Crippen LogP contribution in [0.5, 0.6) is 0 Å². The highest BCUT2D eigenvalue weighted by molar-refractivity contribution is 5.93. The number of aryl methyl sites for hydroxylation is 1. The van der Waals surface area contributed by atoms with Crippen LogP contribution in [0.1, 0.15) is 60.6 Å². The molecule has 1 N–H and O–H groups in total. The minimum absolute atomic E-state index is 0.338. The quantitative estimate of drug-likeness (QED) is 0.819. The van der Waals surface area contributed by atoms with E-state index in [4.69, 9.17) is 10.1 Å². The number of rotatable bonds is 5. The smallest absolute Gasteiger partial charge is 0.335 e. The van der Waals surface area contributed by atoms with Gasteiger partial charge in [0.2, 0.25) is 0 Å². The van der Waals surface area contributed by atoms with Gasteiger partial charge in [0.25, 0.3) is 0 Å². The number of carbonyl (C=O) groups is 1. The summed E-state index contributed by atoms with van der Waals surface area (Å²) in [5, 5.41) is 10.1. The standard InChI is InChI=1S/C19H23NO2/c1-2-3-4-5-13-6-8-17-15(10-13)12-16-11-14(19(21)22)7-9-18(16)20-17/h7,9,11-13H,2-6,8,10H2,1H3,(H,21,22)/t13-/m0/s1. The first kappa shape index (κ1) is 15.0. The zero-order valence-corrected chi connectivity index (χ0v) is 13.1. The lowest BCUT2D eigenvalue weighted by molar-refractivity contribution is 0.0697. The number of unbranched alkanes of at least 4 members (excludes halogenated alkanes) is 2. The van der Waals surface area contributed by atoms with E-state index in [-0.39, 0.29) is 0 Å². The Hall–Kier alpha value is -1.90. The Kier molecular flexibility index (Phi) is 4.41. The van der Waals surface area contributed by atoms with E-state index in [0.717, 1.165) is 29.7 Å². The van der Waals surface area contributed by atoms with Gasteiger partial charge >= 0.3 is 5.97 Å². The number of hydrogen-bond acceptors (Lipinski definition) is 2. The van der Waals surface area contributed by atoms with Crippen molar-refractivity contribution in [3.63, 3.8) is 0 Å². The van der Waals surface area contributed by atoms with E-state index >= 15 is 0 Å². The molecule has 0 fully saturated rings. The number of fused-ring (bicyclic) bond motifs is 2. The Morgan fingerprint density at radius 3 is 2.95 bits per heavy atom. The Morgan fingerprint density at radius 1 is 1.32 bits per heavy atom.